The van der Waals surface area contributed by atoms with Gasteiger partial charge in [-0.05, 0) is 48.2 Å². The van der Waals surface area contributed by atoms with Crippen molar-refractivity contribution in [2.75, 3.05) is 23.3 Å². The summed E-state index contributed by atoms with van der Waals surface area (Å²) in [5.74, 6) is -3.44. The van der Waals surface area contributed by atoms with Crippen LogP contribution < -0.4 is 15.5 Å². The summed E-state index contributed by atoms with van der Waals surface area (Å²) in [5.41, 5.74) is 2.59. The van der Waals surface area contributed by atoms with E-state index in [-0.39, 0.29) is 37.7 Å². The number of amides is 3. The highest BCUT2D eigenvalue weighted by atomic mass is 19.1. The molecule has 4 rings (SSSR count). The fourth-order valence-corrected chi connectivity index (χ4v) is 3.75. The van der Waals surface area contributed by atoms with E-state index in [0.717, 1.165) is 5.56 Å². The van der Waals surface area contributed by atoms with Crippen molar-refractivity contribution in [1.82, 2.24) is 5.32 Å². The third-order valence-corrected chi connectivity index (χ3v) is 5.43. The van der Waals surface area contributed by atoms with Gasteiger partial charge in [0.2, 0.25) is 5.91 Å². The average molecular weight is 427 g/mol. The lowest BCUT2D eigenvalue weighted by Gasteiger charge is -2.24. The van der Waals surface area contributed by atoms with Crippen molar-refractivity contribution in [3.63, 3.8) is 0 Å². The van der Waals surface area contributed by atoms with Crippen molar-refractivity contribution >= 4 is 29.3 Å². The summed E-state index contributed by atoms with van der Waals surface area (Å²) in [4.78, 5) is 37.7. The van der Waals surface area contributed by atoms with Crippen LogP contribution in [0, 0.1) is 5.82 Å². The molecule has 162 valence electrons. The van der Waals surface area contributed by atoms with Crippen molar-refractivity contribution in [2.24, 2.45) is 0 Å². The van der Waals surface area contributed by atoms with Crippen LogP contribution in [0.5, 0.6) is 0 Å². The Labute approximate surface area is 178 Å². The molecule has 1 atom stereocenters. The van der Waals surface area contributed by atoms with E-state index in [1.165, 1.54) is 11.0 Å². The van der Waals surface area contributed by atoms with Gasteiger partial charge in [0.15, 0.2) is 0 Å². The second kappa shape index (κ2) is 8.35. The molecular formula is C22H22FN3O5. The molecule has 1 unspecified atom stereocenters. The van der Waals surface area contributed by atoms with Crippen LogP contribution in [0.25, 0.3) is 0 Å². The van der Waals surface area contributed by atoms with Gasteiger partial charge in [-0.1, -0.05) is 18.2 Å². The molecule has 9 heteroatoms. The van der Waals surface area contributed by atoms with E-state index in [2.05, 4.69) is 10.6 Å². The van der Waals surface area contributed by atoms with Gasteiger partial charge in [-0.25, -0.2) is 9.18 Å². The van der Waals surface area contributed by atoms with E-state index < -0.39 is 17.8 Å². The predicted molar refractivity (Wildman–Crippen MR) is 110 cm³/mol. The molecule has 0 bridgehead atoms. The lowest BCUT2D eigenvalue weighted by atomic mass is 10.0. The Bertz CT molecular complexity index is 1040. The number of nitrogens with zero attached hydrogens (tertiary/aromatic N) is 1. The van der Waals surface area contributed by atoms with Crippen LogP contribution in [0.1, 0.15) is 24.0 Å². The maximum Gasteiger partial charge on any atom is 0.410 e. The lowest BCUT2D eigenvalue weighted by molar-refractivity contribution is -0.175. The van der Waals surface area contributed by atoms with Crippen molar-refractivity contribution in [2.45, 2.75) is 31.5 Å². The number of halogens is 1. The summed E-state index contributed by atoms with van der Waals surface area (Å²) in [5, 5.41) is 15.8. The fourth-order valence-electron chi connectivity index (χ4n) is 3.75. The molecule has 2 aromatic rings. The molecule has 3 amide bonds. The minimum Gasteiger partial charge on any atom is -0.407 e. The van der Waals surface area contributed by atoms with Crippen LogP contribution in [-0.4, -0.2) is 41.9 Å². The molecule has 2 aliphatic heterocycles. The summed E-state index contributed by atoms with van der Waals surface area (Å²) < 4.78 is 18.6. The van der Waals surface area contributed by atoms with Crippen LogP contribution in [0.4, 0.5) is 20.6 Å². The number of hydrogen-bond donors (Lipinski definition) is 3. The molecule has 2 heterocycles. The Morgan fingerprint density at radius 1 is 1.23 bits per heavy atom. The quantitative estimate of drug-likeness (QED) is 0.634. The molecule has 2 aliphatic rings. The van der Waals surface area contributed by atoms with E-state index in [1.807, 2.05) is 0 Å². The van der Waals surface area contributed by atoms with E-state index in [1.54, 1.807) is 36.4 Å². The minimum absolute atomic E-state index is 0.0544. The van der Waals surface area contributed by atoms with E-state index >= 15 is 0 Å². The topological polar surface area (TPSA) is 108 Å². The summed E-state index contributed by atoms with van der Waals surface area (Å²) in [7, 11) is 0. The zero-order chi connectivity index (χ0) is 22.0. The van der Waals surface area contributed by atoms with E-state index in [9.17, 15) is 23.9 Å². The second-order valence-electron chi connectivity index (χ2n) is 7.54. The molecule has 1 saturated heterocycles. The summed E-state index contributed by atoms with van der Waals surface area (Å²) in [6.07, 6.45) is 0.126. The number of alkyl carbamates (subject to hydrolysis) is 1. The molecule has 31 heavy (non-hydrogen) atoms. The van der Waals surface area contributed by atoms with Gasteiger partial charge >= 0.3 is 6.09 Å². The van der Waals surface area contributed by atoms with Crippen molar-refractivity contribution in [3.05, 3.63) is 59.4 Å². The SMILES string of the molecule is O=C1CCc2cc(N3CCC(O)(OC(=O)NCCc4ccccc4F)C3=O)ccc2N1. The predicted octanol–water partition coefficient (Wildman–Crippen LogP) is 2.10. The van der Waals surface area contributed by atoms with Crippen molar-refractivity contribution < 1.29 is 28.6 Å². The van der Waals surface area contributed by atoms with Gasteiger partial charge in [-0.2, -0.15) is 0 Å². The first-order valence-electron chi connectivity index (χ1n) is 10.0. The standard InChI is InChI=1S/C22H22FN3O5/c23-17-4-2-1-3-14(17)9-11-24-21(29)31-22(30)10-12-26(20(22)28)16-6-7-18-15(13-16)5-8-19(27)25-18/h1-4,6-7,13,30H,5,8-12H2,(H,24,29)(H,25,27). The number of ether oxygens (including phenoxy) is 1. The molecule has 2 aromatic carbocycles. The van der Waals surface area contributed by atoms with Gasteiger partial charge in [0, 0.05) is 37.3 Å². The Kier molecular flexibility index (Phi) is 5.60. The van der Waals surface area contributed by atoms with E-state index in [4.69, 9.17) is 4.74 Å². The van der Waals surface area contributed by atoms with Gasteiger partial charge in [0.05, 0.1) is 0 Å². The first-order chi connectivity index (χ1) is 14.9. The number of nitrogens with one attached hydrogen (secondary N) is 2. The summed E-state index contributed by atoms with van der Waals surface area (Å²) in [6.45, 7) is 0.257. The van der Waals surface area contributed by atoms with Crippen LogP contribution in [0.3, 0.4) is 0 Å². The molecule has 0 saturated carbocycles. The Hall–Kier alpha value is -3.46. The Morgan fingerprint density at radius 2 is 2.03 bits per heavy atom. The maximum absolute atomic E-state index is 13.6. The highest BCUT2D eigenvalue weighted by Crippen LogP contribution is 2.33. The normalized spacial score (nSPS) is 20.3. The Morgan fingerprint density at radius 3 is 2.84 bits per heavy atom. The number of carbonyl (C=O) groups is 3. The third-order valence-electron chi connectivity index (χ3n) is 5.43. The van der Waals surface area contributed by atoms with Gasteiger partial charge in [0.1, 0.15) is 5.82 Å². The minimum atomic E-state index is -2.27. The van der Waals surface area contributed by atoms with Gasteiger partial charge < -0.3 is 25.4 Å². The highest BCUT2D eigenvalue weighted by Gasteiger charge is 2.49. The molecular weight excluding hydrogens is 405 g/mol. The molecule has 0 radical (unpaired) electrons. The largest absolute Gasteiger partial charge is 0.410 e. The maximum atomic E-state index is 13.6. The number of rotatable bonds is 5. The summed E-state index contributed by atoms with van der Waals surface area (Å²) >= 11 is 0. The molecule has 3 N–H and O–H groups in total. The number of aliphatic hydroxyl groups is 1. The lowest BCUT2D eigenvalue weighted by Crippen LogP contribution is -2.46. The molecule has 0 spiro atoms. The number of anilines is 2. The molecule has 1 fully saturated rings. The van der Waals surface area contributed by atoms with Gasteiger partial charge in [-0.15, -0.1) is 0 Å². The van der Waals surface area contributed by atoms with Crippen molar-refractivity contribution in [1.29, 1.82) is 0 Å². The monoisotopic (exact) mass is 427 g/mol. The molecule has 0 aliphatic carbocycles. The average Bonchev–Trinajstić information content (AvgIpc) is 3.03. The second-order valence-corrected chi connectivity index (χ2v) is 7.54. The number of hydrogen-bond acceptors (Lipinski definition) is 5. The molecule has 8 nitrogen and oxygen atoms in total. The first kappa shape index (κ1) is 20.8. The number of aryl methyl sites for hydroxylation is 1. The summed E-state index contributed by atoms with van der Waals surface area (Å²) in [6, 6.07) is 11.4. The molecule has 0 aromatic heterocycles. The van der Waals surface area contributed by atoms with Crippen LogP contribution in [0.2, 0.25) is 0 Å². The smallest absolute Gasteiger partial charge is 0.407 e. The number of fused-ring (bicyclic) bond motifs is 1. The fraction of sp³-hybridized carbons (Fsp3) is 0.318. The third kappa shape index (κ3) is 4.36. The van der Waals surface area contributed by atoms with Crippen LogP contribution >= 0.6 is 0 Å². The highest BCUT2D eigenvalue weighted by molar-refractivity contribution is 6.02. The van der Waals surface area contributed by atoms with Crippen molar-refractivity contribution in [3.8, 4) is 0 Å². The van der Waals surface area contributed by atoms with E-state index in [0.29, 0.717) is 29.8 Å². The van der Waals surface area contributed by atoms with Crippen LogP contribution in [-0.2, 0) is 27.2 Å². The number of benzene rings is 2. The zero-order valence-electron chi connectivity index (χ0n) is 16.7. The van der Waals surface area contributed by atoms with Gasteiger partial charge in [-0.3, -0.25) is 9.59 Å². The first-order valence-corrected chi connectivity index (χ1v) is 10.0. The number of carbonyl (C=O) groups excluding carboxylic acids is 3. The van der Waals surface area contributed by atoms with Crippen LogP contribution in [0.15, 0.2) is 42.5 Å². The van der Waals surface area contributed by atoms with Gasteiger partial charge in [0.25, 0.3) is 11.7 Å². The Balaban J connectivity index is 1.36. The zero-order valence-corrected chi connectivity index (χ0v) is 16.7.